The molecule has 0 aromatic heterocycles. The molecule has 9 heteroatoms. The van der Waals surface area contributed by atoms with Crippen molar-refractivity contribution in [3.05, 3.63) is 12.2 Å². The molecule has 0 amide bonds. The molecule has 5 rings (SSSR count). The number of hydrogen-bond acceptors (Lipinski definition) is 9. The van der Waals surface area contributed by atoms with E-state index in [-0.39, 0.29) is 23.5 Å². The molecule has 0 aromatic rings. The summed E-state index contributed by atoms with van der Waals surface area (Å²) in [5, 5.41) is 0. The smallest absolute Gasteiger partial charge is 0.302 e. The first-order valence-corrected chi connectivity index (χ1v) is 13.1. The van der Waals surface area contributed by atoms with Crippen LogP contribution in [0.4, 0.5) is 0 Å². The van der Waals surface area contributed by atoms with Gasteiger partial charge >= 0.3 is 23.9 Å². The minimum atomic E-state index is -1.30. The van der Waals surface area contributed by atoms with Crippen LogP contribution in [-0.4, -0.2) is 54.1 Å². The van der Waals surface area contributed by atoms with E-state index in [9.17, 15) is 24.0 Å². The number of ether oxygens (including phenoxy) is 4. The van der Waals surface area contributed by atoms with Gasteiger partial charge in [0.15, 0.2) is 5.78 Å². The van der Waals surface area contributed by atoms with Crippen molar-refractivity contribution in [1.29, 1.82) is 0 Å². The third-order valence-electron chi connectivity index (χ3n) is 10.2. The largest absolute Gasteiger partial charge is 0.462 e. The molecular weight excluding hydrogens is 480 g/mol. The molecule has 37 heavy (non-hydrogen) atoms. The van der Waals surface area contributed by atoms with Crippen molar-refractivity contribution < 1.29 is 42.9 Å². The van der Waals surface area contributed by atoms with Crippen molar-refractivity contribution in [2.75, 3.05) is 0 Å². The van der Waals surface area contributed by atoms with E-state index in [0.717, 1.165) is 6.42 Å². The summed E-state index contributed by atoms with van der Waals surface area (Å²) in [5.41, 5.74) is -2.20. The molecule has 0 N–H and O–H groups in total. The Morgan fingerprint density at radius 1 is 0.838 bits per heavy atom. The van der Waals surface area contributed by atoms with Crippen LogP contribution in [0.3, 0.4) is 0 Å². The number of ketones is 1. The summed E-state index contributed by atoms with van der Waals surface area (Å²) in [5.74, 6) is -4.06. The predicted molar refractivity (Wildman–Crippen MR) is 127 cm³/mol. The zero-order chi connectivity index (χ0) is 27.2. The first-order chi connectivity index (χ1) is 17.2. The van der Waals surface area contributed by atoms with E-state index in [1.807, 2.05) is 0 Å². The Bertz CT molecular complexity index is 1110. The molecule has 2 spiro atoms. The Kier molecular flexibility index (Phi) is 5.70. The normalized spacial score (nSPS) is 44.5. The number of fused-ring (bicyclic) bond motifs is 2. The lowest BCUT2D eigenvalue weighted by atomic mass is 9.44. The first kappa shape index (κ1) is 25.9. The van der Waals surface area contributed by atoms with E-state index in [1.54, 1.807) is 0 Å². The van der Waals surface area contributed by atoms with E-state index >= 15 is 0 Å². The van der Waals surface area contributed by atoms with Gasteiger partial charge in [0.2, 0.25) is 0 Å². The Hall–Kier alpha value is -2.71. The van der Waals surface area contributed by atoms with E-state index in [2.05, 4.69) is 20.4 Å². The summed E-state index contributed by atoms with van der Waals surface area (Å²) < 4.78 is 24.0. The van der Waals surface area contributed by atoms with Crippen molar-refractivity contribution in [3.8, 4) is 0 Å². The molecule has 4 bridgehead atoms. The van der Waals surface area contributed by atoms with E-state index in [0.29, 0.717) is 18.4 Å². The zero-order valence-electron chi connectivity index (χ0n) is 22.3. The summed E-state index contributed by atoms with van der Waals surface area (Å²) in [6, 6.07) is 0. The van der Waals surface area contributed by atoms with Gasteiger partial charge < -0.3 is 18.9 Å². The third kappa shape index (κ3) is 3.18. The van der Waals surface area contributed by atoms with E-state index in [4.69, 9.17) is 18.9 Å². The van der Waals surface area contributed by atoms with Crippen molar-refractivity contribution in [1.82, 2.24) is 0 Å². The second kappa shape index (κ2) is 8.14. The highest BCUT2D eigenvalue weighted by Gasteiger charge is 2.89. The molecule has 0 heterocycles. The van der Waals surface area contributed by atoms with Gasteiger partial charge in [0, 0.05) is 45.4 Å². The fourth-order valence-electron chi connectivity index (χ4n) is 9.63. The highest BCUT2D eigenvalue weighted by molar-refractivity contribution is 6.05. The Labute approximate surface area is 216 Å². The van der Waals surface area contributed by atoms with Crippen LogP contribution >= 0.6 is 0 Å². The number of carbonyl (C=O) groups is 5. The van der Waals surface area contributed by atoms with Crippen molar-refractivity contribution >= 4 is 29.7 Å². The maximum Gasteiger partial charge on any atom is 0.302 e. The van der Waals surface area contributed by atoms with Crippen LogP contribution in [0.15, 0.2) is 12.2 Å². The molecule has 0 radical (unpaired) electrons. The lowest BCUT2D eigenvalue weighted by Gasteiger charge is -2.61. The van der Waals surface area contributed by atoms with Crippen molar-refractivity contribution in [3.63, 3.8) is 0 Å². The second-order valence-electron chi connectivity index (χ2n) is 12.3. The summed E-state index contributed by atoms with van der Waals surface area (Å²) in [4.78, 5) is 64.0. The Morgan fingerprint density at radius 2 is 1.41 bits per heavy atom. The molecule has 5 aliphatic rings. The molecule has 0 saturated heterocycles. The van der Waals surface area contributed by atoms with Crippen LogP contribution in [0.25, 0.3) is 0 Å². The molecule has 5 aliphatic carbocycles. The first-order valence-electron chi connectivity index (χ1n) is 13.1. The molecule has 0 unspecified atom stereocenters. The minimum Gasteiger partial charge on any atom is -0.462 e. The number of carbonyl (C=O) groups excluding carboxylic acids is 5. The average molecular weight is 517 g/mol. The highest BCUT2D eigenvalue weighted by Crippen LogP contribution is 2.82. The summed E-state index contributed by atoms with van der Waals surface area (Å²) in [7, 11) is 0. The van der Waals surface area contributed by atoms with Crippen LogP contribution in [0, 0.1) is 39.9 Å². The molecule has 9 nitrogen and oxygen atoms in total. The van der Waals surface area contributed by atoms with Gasteiger partial charge in [-0.1, -0.05) is 20.4 Å². The number of esters is 4. The maximum absolute atomic E-state index is 14.3. The van der Waals surface area contributed by atoms with Crippen molar-refractivity contribution in [2.24, 2.45) is 39.9 Å². The van der Waals surface area contributed by atoms with Crippen molar-refractivity contribution in [2.45, 2.75) is 91.6 Å². The summed E-state index contributed by atoms with van der Waals surface area (Å²) in [6.45, 7) is 13.7. The van der Waals surface area contributed by atoms with Gasteiger partial charge in [0.05, 0.1) is 10.8 Å². The molecular formula is C28H36O9. The lowest BCUT2D eigenvalue weighted by Crippen LogP contribution is -2.67. The SMILES string of the molecule is C=C1C(=O)[C@@]23[C@@H]4C[C@@H]5C(C)(C)CC[C@@H](OC(C)=O)[C@@]5([C@@H]4OC(C)=O)[C@@H]2[C@@H](OC(C)=O)C[C@@H]1[C@H]3OC(C)=O. The van der Waals surface area contributed by atoms with Crippen LogP contribution in [-0.2, 0) is 42.9 Å². The molecule has 5 fully saturated rings. The van der Waals surface area contributed by atoms with Gasteiger partial charge in [-0.2, -0.15) is 0 Å². The van der Waals surface area contributed by atoms with Crippen LogP contribution in [0.5, 0.6) is 0 Å². The maximum atomic E-state index is 14.3. The van der Waals surface area contributed by atoms with Gasteiger partial charge in [0.1, 0.15) is 24.4 Å². The molecule has 0 aliphatic heterocycles. The standard InChI is InChI=1S/C28H36O9/c1-12-17-10-19(34-13(2)29)22-27(23(12)33,24(17)36-15(4)31)18-11-20-26(6,7)9-8-21(35-14(3)30)28(20,22)25(18)37-16(5)32/h17-22,24-25H,1,8-11H2,2-7H3/t17-,18+,19-,20+,21+,22+,24+,25+,27+,28+/m0/s1. The van der Waals surface area contributed by atoms with Gasteiger partial charge in [-0.15, -0.1) is 0 Å². The predicted octanol–water partition coefficient (Wildman–Crippen LogP) is 2.93. The summed E-state index contributed by atoms with van der Waals surface area (Å²) in [6.07, 6.45) is -0.964. The minimum absolute atomic E-state index is 0.0997. The fourth-order valence-corrected chi connectivity index (χ4v) is 9.63. The highest BCUT2D eigenvalue weighted by atomic mass is 16.6. The van der Waals surface area contributed by atoms with E-state index < -0.39 is 76.9 Å². The molecule has 10 atom stereocenters. The number of hydrogen-bond donors (Lipinski definition) is 0. The average Bonchev–Trinajstić information content (AvgIpc) is 3.26. The monoisotopic (exact) mass is 516 g/mol. The molecule has 202 valence electrons. The lowest BCUT2D eigenvalue weighted by molar-refractivity contribution is -0.240. The number of rotatable bonds is 4. The van der Waals surface area contributed by atoms with Crippen LogP contribution in [0.2, 0.25) is 0 Å². The van der Waals surface area contributed by atoms with Gasteiger partial charge in [-0.25, -0.2) is 0 Å². The zero-order valence-corrected chi connectivity index (χ0v) is 22.3. The van der Waals surface area contributed by atoms with E-state index in [1.165, 1.54) is 27.7 Å². The second-order valence-corrected chi connectivity index (χ2v) is 12.3. The summed E-state index contributed by atoms with van der Waals surface area (Å²) >= 11 is 0. The van der Waals surface area contributed by atoms with Crippen LogP contribution in [0.1, 0.15) is 67.2 Å². The molecule has 0 aromatic carbocycles. The fraction of sp³-hybridized carbons (Fsp3) is 0.750. The van der Waals surface area contributed by atoms with Gasteiger partial charge in [0.25, 0.3) is 0 Å². The number of Topliss-reactive ketones (excluding diaryl/α,β-unsaturated/α-hetero) is 1. The van der Waals surface area contributed by atoms with Crippen LogP contribution < -0.4 is 0 Å². The topological polar surface area (TPSA) is 122 Å². The quantitative estimate of drug-likeness (QED) is 0.315. The third-order valence-corrected chi connectivity index (χ3v) is 10.2. The Balaban J connectivity index is 1.83. The van der Waals surface area contributed by atoms with Gasteiger partial charge in [-0.3, -0.25) is 24.0 Å². The molecule has 5 saturated carbocycles. The Morgan fingerprint density at radius 3 is 1.97 bits per heavy atom. The van der Waals surface area contributed by atoms with Gasteiger partial charge in [-0.05, 0) is 42.6 Å².